The van der Waals surface area contributed by atoms with Crippen LogP contribution in [-0.2, 0) is 11.2 Å². The summed E-state index contributed by atoms with van der Waals surface area (Å²) in [6, 6.07) is 11.7. The van der Waals surface area contributed by atoms with Crippen LogP contribution in [0.5, 0.6) is 5.75 Å². The minimum Gasteiger partial charge on any atom is -0.496 e. The van der Waals surface area contributed by atoms with Gasteiger partial charge in [-0.2, -0.15) is 0 Å². The van der Waals surface area contributed by atoms with Crippen LogP contribution in [0.3, 0.4) is 0 Å². The number of fused-ring (bicyclic) bond motifs is 1. The molecule has 2 aromatic heterocycles. The molecule has 5 nitrogen and oxygen atoms in total. The van der Waals surface area contributed by atoms with Crippen molar-refractivity contribution in [2.45, 2.75) is 13.3 Å². The predicted octanol–water partition coefficient (Wildman–Crippen LogP) is 5.82. The maximum atomic E-state index is 12.5. The van der Waals surface area contributed by atoms with Crippen LogP contribution < -0.4 is 10.1 Å². The molecule has 0 aliphatic rings. The second-order valence-corrected chi connectivity index (χ2v) is 8.09. The smallest absolute Gasteiger partial charge is 0.230 e. The summed E-state index contributed by atoms with van der Waals surface area (Å²) in [6.07, 6.45) is 1.88. The van der Waals surface area contributed by atoms with Crippen LogP contribution in [0.2, 0.25) is 0 Å². The van der Waals surface area contributed by atoms with E-state index in [9.17, 15) is 4.79 Å². The van der Waals surface area contributed by atoms with Crippen LogP contribution in [0.15, 0.2) is 56.9 Å². The lowest BCUT2D eigenvalue weighted by molar-refractivity contribution is -0.115. The molecule has 0 saturated heterocycles. The van der Waals surface area contributed by atoms with E-state index < -0.39 is 0 Å². The third-order valence-electron chi connectivity index (χ3n) is 4.36. The largest absolute Gasteiger partial charge is 0.496 e. The fourth-order valence-corrected chi connectivity index (χ4v) is 4.23. The number of thiazole rings is 1. The average molecular weight is 457 g/mol. The van der Waals surface area contributed by atoms with Crippen molar-refractivity contribution in [1.29, 1.82) is 0 Å². The molecule has 0 radical (unpaired) electrons. The molecule has 0 atom stereocenters. The van der Waals surface area contributed by atoms with Crippen molar-refractivity contribution >= 4 is 49.3 Å². The van der Waals surface area contributed by atoms with Crippen LogP contribution in [0.25, 0.3) is 22.2 Å². The maximum Gasteiger partial charge on any atom is 0.230 e. The summed E-state index contributed by atoms with van der Waals surface area (Å²) < 4.78 is 11.7. The summed E-state index contributed by atoms with van der Waals surface area (Å²) in [5.41, 5.74) is 4.53. The Kier molecular flexibility index (Phi) is 5.19. The van der Waals surface area contributed by atoms with Crippen LogP contribution in [-0.4, -0.2) is 18.0 Å². The van der Waals surface area contributed by atoms with Gasteiger partial charge in [0.05, 0.1) is 30.0 Å². The second-order valence-electron chi connectivity index (χ2n) is 6.37. The quantitative estimate of drug-likeness (QED) is 0.411. The van der Waals surface area contributed by atoms with Gasteiger partial charge in [0.1, 0.15) is 11.3 Å². The van der Waals surface area contributed by atoms with E-state index >= 15 is 0 Å². The van der Waals surface area contributed by atoms with E-state index in [0.717, 1.165) is 43.6 Å². The number of nitrogens with zero attached hydrogens (tertiary/aromatic N) is 1. The molecule has 0 aliphatic heterocycles. The molecule has 0 aliphatic carbocycles. The van der Waals surface area contributed by atoms with Crippen molar-refractivity contribution in [3.05, 3.63) is 63.6 Å². The Morgan fingerprint density at radius 1 is 1.29 bits per heavy atom. The lowest BCUT2D eigenvalue weighted by Gasteiger charge is -2.04. The Labute approximate surface area is 174 Å². The van der Waals surface area contributed by atoms with Gasteiger partial charge in [0, 0.05) is 21.9 Å². The van der Waals surface area contributed by atoms with Gasteiger partial charge in [0.2, 0.25) is 5.91 Å². The molecular weight excluding hydrogens is 440 g/mol. The standard InChI is InChI=1S/C21H17BrN2O3S/c1-12-3-5-15-14(10-27-19(15)7-12)9-20(25)24-21-23-17(11-28-21)13-4-6-18(26-2)16(22)8-13/h3-8,10-11H,9H2,1-2H3,(H,23,24,25). The van der Waals surface area contributed by atoms with E-state index in [1.807, 2.05) is 48.7 Å². The second kappa shape index (κ2) is 7.77. The lowest BCUT2D eigenvalue weighted by atomic mass is 10.1. The van der Waals surface area contributed by atoms with Gasteiger partial charge < -0.3 is 14.5 Å². The number of carbonyl (C=O) groups is 1. The molecule has 4 aromatic rings. The first-order chi connectivity index (χ1) is 13.5. The first kappa shape index (κ1) is 18.7. The zero-order chi connectivity index (χ0) is 19.7. The Bertz CT molecular complexity index is 1170. The van der Waals surface area contributed by atoms with E-state index in [1.54, 1.807) is 13.4 Å². The first-order valence-corrected chi connectivity index (χ1v) is 10.3. The molecule has 0 fully saturated rings. The minimum atomic E-state index is -0.125. The molecule has 1 N–H and O–H groups in total. The SMILES string of the molecule is COc1ccc(-c2csc(NC(=O)Cc3coc4cc(C)ccc34)n2)cc1Br. The van der Waals surface area contributed by atoms with Crippen molar-refractivity contribution in [2.24, 2.45) is 0 Å². The van der Waals surface area contributed by atoms with Crippen molar-refractivity contribution in [3.63, 3.8) is 0 Å². The number of halogens is 1. The number of amides is 1. The fraction of sp³-hybridized carbons (Fsp3) is 0.143. The molecule has 7 heteroatoms. The van der Waals surface area contributed by atoms with Crippen molar-refractivity contribution in [3.8, 4) is 17.0 Å². The molecule has 2 aromatic carbocycles. The number of hydrogen-bond acceptors (Lipinski definition) is 5. The van der Waals surface area contributed by atoms with Crippen molar-refractivity contribution in [2.75, 3.05) is 12.4 Å². The number of nitrogens with one attached hydrogen (secondary N) is 1. The van der Waals surface area contributed by atoms with Crippen LogP contribution >= 0.6 is 27.3 Å². The summed E-state index contributed by atoms with van der Waals surface area (Å²) in [5, 5.41) is 6.32. The molecule has 4 rings (SSSR count). The van der Waals surface area contributed by atoms with Gasteiger partial charge in [-0.3, -0.25) is 4.79 Å². The Morgan fingerprint density at radius 3 is 2.93 bits per heavy atom. The van der Waals surface area contributed by atoms with Crippen LogP contribution in [0.1, 0.15) is 11.1 Å². The minimum absolute atomic E-state index is 0.125. The van der Waals surface area contributed by atoms with Gasteiger partial charge in [-0.1, -0.05) is 12.1 Å². The van der Waals surface area contributed by atoms with Crippen molar-refractivity contribution < 1.29 is 13.9 Å². The summed E-state index contributed by atoms with van der Waals surface area (Å²) in [4.78, 5) is 17.0. The highest BCUT2D eigenvalue weighted by molar-refractivity contribution is 9.10. The molecule has 1 amide bonds. The number of methoxy groups -OCH3 is 1. The lowest BCUT2D eigenvalue weighted by Crippen LogP contribution is -2.13. The number of benzene rings is 2. The highest BCUT2D eigenvalue weighted by Gasteiger charge is 2.13. The zero-order valence-electron chi connectivity index (χ0n) is 15.3. The van der Waals surface area contributed by atoms with E-state index in [-0.39, 0.29) is 12.3 Å². The van der Waals surface area contributed by atoms with Crippen LogP contribution in [0, 0.1) is 6.92 Å². The maximum absolute atomic E-state index is 12.5. The molecule has 0 unspecified atom stereocenters. The zero-order valence-corrected chi connectivity index (χ0v) is 17.7. The topological polar surface area (TPSA) is 64.4 Å². The first-order valence-electron chi connectivity index (χ1n) is 8.59. The molecule has 0 bridgehead atoms. The third-order valence-corrected chi connectivity index (χ3v) is 5.74. The Balaban J connectivity index is 1.47. The van der Waals surface area contributed by atoms with Gasteiger partial charge in [0.15, 0.2) is 5.13 Å². The number of carbonyl (C=O) groups excluding carboxylic acids is 1. The van der Waals surface area contributed by atoms with E-state index in [1.165, 1.54) is 11.3 Å². The molecule has 2 heterocycles. The Hall–Kier alpha value is -2.64. The average Bonchev–Trinajstić information content (AvgIpc) is 3.28. The van der Waals surface area contributed by atoms with Gasteiger partial charge in [-0.25, -0.2) is 4.98 Å². The number of ether oxygens (including phenoxy) is 1. The molecular formula is C21H17BrN2O3S. The van der Waals surface area contributed by atoms with Gasteiger partial charge in [-0.05, 0) is 52.7 Å². The number of aromatic nitrogens is 1. The van der Waals surface area contributed by atoms with E-state index in [2.05, 4.69) is 26.2 Å². The Morgan fingerprint density at radius 2 is 2.14 bits per heavy atom. The number of hydrogen-bond donors (Lipinski definition) is 1. The summed E-state index contributed by atoms with van der Waals surface area (Å²) in [7, 11) is 1.63. The van der Waals surface area contributed by atoms with E-state index in [0.29, 0.717) is 5.13 Å². The monoisotopic (exact) mass is 456 g/mol. The highest BCUT2D eigenvalue weighted by Crippen LogP contribution is 2.32. The number of anilines is 1. The van der Waals surface area contributed by atoms with Gasteiger partial charge in [0.25, 0.3) is 0 Å². The van der Waals surface area contributed by atoms with Crippen LogP contribution in [0.4, 0.5) is 5.13 Å². The molecule has 142 valence electrons. The van der Waals surface area contributed by atoms with Gasteiger partial charge in [-0.15, -0.1) is 11.3 Å². The van der Waals surface area contributed by atoms with Gasteiger partial charge >= 0.3 is 0 Å². The number of furan rings is 1. The third kappa shape index (κ3) is 3.81. The molecule has 0 saturated carbocycles. The summed E-state index contributed by atoms with van der Waals surface area (Å²) >= 11 is 4.87. The fourth-order valence-electron chi connectivity index (χ4n) is 2.95. The van der Waals surface area contributed by atoms with E-state index in [4.69, 9.17) is 9.15 Å². The van der Waals surface area contributed by atoms with Crippen molar-refractivity contribution in [1.82, 2.24) is 4.98 Å². The number of aryl methyl sites for hydroxylation is 1. The molecule has 28 heavy (non-hydrogen) atoms. The summed E-state index contributed by atoms with van der Waals surface area (Å²) in [6.45, 7) is 2.01. The molecule has 0 spiro atoms. The normalized spacial score (nSPS) is 11.0. The highest BCUT2D eigenvalue weighted by atomic mass is 79.9. The number of rotatable bonds is 5. The summed E-state index contributed by atoms with van der Waals surface area (Å²) in [5.74, 6) is 0.634. The predicted molar refractivity (Wildman–Crippen MR) is 115 cm³/mol.